The van der Waals surface area contributed by atoms with Crippen LogP contribution in [0, 0.1) is 5.41 Å². The summed E-state index contributed by atoms with van der Waals surface area (Å²) in [7, 11) is 0. The fourth-order valence-electron chi connectivity index (χ4n) is 1.27. The molecule has 0 aromatic heterocycles. The number of alkyl halides is 3. The fraction of sp³-hybridized carbons (Fsp3) is 0.364. The minimum absolute atomic E-state index is 0.0261. The highest BCUT2D eigenvalue weighted by atomic mass is 19.4. The Balaban J connectivity index is 2.79. The summed E-state index contributed by atoms with van der Waals surface area (Å²) in [5.74, 6) is -0.0261. The number of benzene rings is 1. The molecule has 0 bridgehead atoms. The Morgan fingerprint density at radius 2 is 2.06 bits per heavy atom. The highest BCUT2D eigenvalue weighted by Crippen LogP contribution is 2.29. The van der Waals surface area contributed by atoms with E-state index in [0.717, 1.165) is 12.1 Å². The summed E-state index contributed by atoms with van der Waals surface area (Å²) in [6.07, 6.45) is -4.26. The van der Waals surface area contributed by atoms with Gasteiger partial charge in [-0.2, -0.15) is 13.2 Å². The summed E-state index contributed by atoms with van der Waals surface area (Å²) in [6.45, 7) is 2.07. The van der Waals surface area contributed by atoms with Crippen LogP contribution in [0.25, 0.3) is 0 Å². The van der Waals surface area contributed by atoms with E-state index in [1.54, 1.807) is 13.0 Å². The van der Waals surface area contributed by atoms with Crippen molar-refractivity contribution in [2.45, 2.75) is 19.5 Å². The van der Waals surface area contributed by atoms with Crippen molar-refractivity contribution < 1.29 is 17.9 Å². The van der Waals surface area contributed by atoms with Gasteiger partial charge in [0.25, 0.3) is 0 Å². The van der Waals surface area contributed by atoms with Gasteiger partial charge in [-0.15, -0.1) is 0 Å². The first-order valence-electron chi connectivity index (χ1n) is 4.80. The highest BCUT2D eigenvalue weighted by Gasteiger charge is 2.30. The number of ether oxygens (including phenoxy) is 1. The minimum Gasteiger partial charge on any atom is -0.481 e. The van der Waals surface area contributed by atoms with Crippen LogP contribution in [0.1, 0.15) is 18.1 Å². The molecule has 0 heterocycles. The van der Waals surface area contributed by atoms with E-state index in [9.17, 15) is 13.2 Å². The predicted octanol–water partition coefficient (Wildman–Crippen LogP) is 3.26. The van der Waals surface area contributed by atoms with Gasteiger partial charge in [0.05, 0.1) is 12.2 Å². The molecule has 0 radical (unpaired) electrons. The van der Waals surface area contributed by atoms with Crippen molar-refractivity contribution in [1.82, 2.24) is 0 Å². The number of nitrogens with one attached hydrogen (secondary N) is 1. The van der Waals surface area contributed by atoms with E-state index in [4.69, 9.17) is 10.1 Å². The van der Waals surface area contributed by atoms with Crippen LogP contribution in [-0.4, -0.2) is 12.5 Å². The van der Waals surface area contributed by atoms with Crippen LogP contribution in [0.15, 0.2) is 24.3 Å². The number of halogens is 3. The molecule has 0 fully saturated rings. The van der Waals surface area contributed by atoms with Crippen molar-refractivity contribution in [2.75, 3.05) is 6.61 Å². The smallest absolute Gasteiger partial charge is 0.416 e. The lowest BCUT2D eigenvalue weighted by molar-refractivity contribution is -0.137. The fourth-order valence-corrected chi connectivity index (χ4v) is 1.27. The van der Waals surface area contributed by atoms with Gasteiger partial charge in [0, 0.05) is 6.42 Å². The van der Waals surface area contributed by atoms with Gasteiger partial charge in [-0.05, 0) is 18.6 Å². The van der Waals surface area contributed by atoms with Gasteiger partial charge in [-0.25, -0.2) is 0 Å². The molecule has 16 heavy (non-hydrogen) atoms. The third-order valence-corrected chi connectivity index (χ3v) is 1.94. The highest BCUT2D eigenvalue weighted by molar-refractivity contribution is 5.75. The lowest BCUT2D eigenvalue weighted by atomic mass is 10.1. The Kier molecular flexibility index (Phi) is 3.93. The summed E-state index contributed by atoms with van der Waals surface area (Å²) < 4.78 is 42.0. The van der Waals surface area contributed by atoms with Gasteiger partial charge < -0.3 is 4.74 Å². The molecule has 5 heteroatoms. The lowest BCUT2D eigenvalue weighted by Crippen LogP contribution is -2.09. The number of rotatable bonds is 3. The summed E-state index contributed by atoms with van der Waals surface area (Å²) in [4.78, 5) is 0. The first-order valence-corrected chi connectivity index (χ1v) is 4.80. The van der Waals surface area contributed by atoms with Gasteiger partial charge in [-0.1, -0.05) is 18.2 Å². The molecule has 0 aliphatic heterocycles. The van der Waals surface area contributed by atoms with Crippen molar-refractivity contribution in [3.05, 3.63) is 35.4 Å². The molecule has 1 aromatic rings. The van der Waals surface area contributed by atoms with Crippen LogP contribution in [0.3, 0.4) is 0 Å². The molecule has 0 aliphatic carbocycles. The van der Waals surface area contributed by atoms with Crippen molar-refractivity contribution in [3.63, 3.8) is 0 Å². The van der Waals surface area contributed by atoms with Crippen LogP contribution in [-0.2, 0) is 17.3 Å². The molecule has 0 saturated carbocycles. The molecule has 1 aromatic carbocycles. The Morgan fingerprint density at radius 1 is 1.38 bits per heavy atom. The third-order valence-electron chi connectivity index (χ3n) is 1.94. The Hall–Kier alpha value is -1.52. The molecule has 0 aliphatic rings. The summed E-state index contributed by atoms with van der Waals surface area (Å²) >= 11 is 0. The molecule has 1 N–H and O–H groups in total. The molecule has 0 atom stereocenters. The second-order valence-electron chi connectivity index (χ2n) is 3.23. The van der Waals surface area contributed by atoms with E-state index in [1.165, 1.54) is 6.07 Å². The van der Waals surface area contributed by atoms with E-state index in [0.29, 0.717) is 12.2 Å². The van der Waals surface area contributed by atoms with Crippen molar-refractivity contribution in [2.24, 2.45) is 0 Å². The zero-order valence-electron chi connectivity index (χ0n) is 8.77. The van der Waals surface area contributed by atoms with Crippen LogP contribution >= 0.6 is 0 Å². The van der Waals surface area contributed by atoms with Gasteiger partial charge in [0.2, 0.25) is 0 Å². The van der Waals surface area contributed by atoms with Crippen LogP contribution in [0.2, 0.25) is 0 Å². The van der Waals surface area contributed by atoms with Crippen LogP contribution in [0.4, 0.5) is 13.2 Å². The first kappa shape index (κ1) is 12.5. The van der Waals surface area contributed by atoms with Gasteiger partial charge in [-0.3, -0.25) is 5.41 Å². The Labute approximate surface area is 91.6 Å². The molecule has 0 spiro atoms. The molecule has 88 valence electrons. The summed E-state index contributed by atoms with van der Waals surface area (Å²) in [5.41, 5.74) is -0.275. The average Bonchev–Trinajstić information content (AvgIpc) is 2.17. The van der Waals surface area contributed by atoms with Crippen LogP contribution in [0.5, 0.6) is 0 Å². The average molecular weight is 231 g/mol. The summed E-state index contributed by atoms with van der Waals surface area (Å²) in [5, 5.41) is 7.35. The quantitative estimate of drug-likeness (QED) is 0.628. The van der Waals surface area contributed by atoms with Gasteiger partial charge in [0.1, 0.15) is 0 Å². The molecule has 0 amide bonds. The van der Waals surface area contributed by atoms with E-state index < -0.39 is 11.7 Å². The maximum atomic E-state index is 12.4. The second kappa shape index (κ2) is 5.01. The first-order chi connectivity index (χ1) is 7.43. The van der Waals surface area contributed by atoms with E-state index in [-0.39, 0.29) is 12.3 Å². The largest absolute Gasteiger partial charge is 0.481 e. The third kappa shape index (κ3) is 3.56. The number of hydrogen-bond donors (Lipinski definition) is 1. The molecular weight excluding hydrogens is 219 g/mol. The van der Waals surface area contributed by atoms with E-state index in [1.807, 2.05) is 0 Å². The molecule has 0 saturated heterocycles. The SMILES string of the molecule is CCOC(=N)Cc1cccc(C(F)(F)F)c1. The Morgan fingerprint density at radius 3 is 2.62 bits per heavy atom. The van der Waals surface area contributed by atoms with Crippen molar-refractivity contribution >= 4 is 5.90 Å². The Bertz CT molecular complexity index is 374. The van der Waals surface area contributed by atoms with Gasteiger partial charge in [0.15, 0.2) is 5.90 Å². The molecule has 0 unspecified atom stereocenters. The second-order valence-corrected chi connectivity index (χ2v) is 3.23. The predicted molar refractivity (Wildman–Crippen MR) is 54.5 cm³/mol. The van der Waals surface area contributed by atoms with Gasteiger partial charge >= 0.3 is 6.18 Å². The maximum absolute atomic E-state index is 12.4. The zero-order chi connectivity index (χ0) is 12.2. The van der Waals surface area contributed by atoms with Crippen molar-refractivity contribution in [1.29, 1.82) is 5.41 Å². The standard InChI is InChI=1S/C11H12F3NO/c1-2-16-10(15)7-8-4-3-5-9(6-8)11(12,13)14/h3-6,15H,2,7H2,1H3. The lowest BCUT2D eigenvalue weighted by Gasteiger charge is -2.09. The molecule has 1 rings (SSSR count). The zero-order valence-corrected chi connectivity index (χ0v) is 8.77. The molecule has 2 nitrogen and oxygen atoms in total. The van der Waals surface area contributed by atoms with E-state index in [2.05, 4.69) is 0 Å². The topological polar surface area (TPSA) is 33.1 Å². The van der Waals surface area contributed by atoms with E-state index >= 15 is 0 Å². The number of hydrogen-bond acceptors (Lipinski definition) is 2. The maximum Gasteiger partial charge on any atom is 0.416 e. The molecular formula is C11H12F3NO. The normalized spacial score (nSPS) is 11.2. The van der Waals surface area contributed by atoms with Crippen molar-refractivity contribution in [3.8, 4) is 0 Å². The minimum atomic E-state index is -4.34. The van der Waals surface area contributed by atoms with Crippen LogP contribution < -0.4 is 0 Å². The summed E-state index contributed by atoms with van der Waals surface area (Å²) in [6, 6.07) is 4.92. The monoisotopic (exact) mass is 231 g/mol.